The summed E-state index contributed by atoms with van der Waals surface area (Å²) in [6.45, 7) is 0. The van der Waals surface area contributed by atoms with E-state index in [9.17, 15) is 9.59 Å². The van der Waals surface area contributed by atoms with Crippen molar-refractivity contribution >= 4 is 23.6 Å². The summed E-state index contributed by atoms with van der Waals surface area (Å²) >= 11 is 1.56. The van der Waals surface area contributed by atoms with Crippen LogP contribution in [0.2, 0.25) is 0 Å². The molecule has 1 aromatic rings. The minimum Gasteiger partial charge on any atom is -0.480 e. The number of rotatable bonds is 6. The maximum absolute atomic E-state index is 11.7. The van der Waals surface area contributed by atoms with Gasteiger partial charge in [0.1, 0.15) is 6.04 Å². The lowest BCUT2D eigenvalue weighted by Gasteiger charge is -2.13. The summed E-state index contributed by atoms with van der Waals surface area (Å²) in [6.07, 6.45) is 5.72. The number of aryl methyl sites for hydroxylation is 1. The van der Waals surface area contributed by atoms with Crippen LogP contribution in [-0.4, -0.2) is 39.6 Å². The fourth-order valence-electron chi connectivity index (χ4n) is 1.37. The Morgan fingerprint density at radius 1 is 1.59 bits per heavy atom. The van der Waals surface area contributed by atoms with Crippen molar-refractivity contribution in [3.63, 3.8) is 0 Å². The van der Waals surface area contributed by atoms with Gasteiger partial charge in [-0.2, -0.15) is 11.8 Å². The molecule has 1 rings (SSSR count). The number of hydrogen-bond donors (Lipinski definition) is 2. The van der Waals surface area contributed by atoms with Gasteiger partial charge in [0.25, 0.3) is 5.91 Å². The quantitative estimate of drug-likeness (QED) is 0.795. The first-order valence-corrected chi connectivity index (χ1v) is 6.58. The first kappa shape index (κ1) is 13.6. The van der Waals surface area contributed by atoms with E-state index in [-0.39, 0.29) is 5.91 Å². The van der Waals surface area contributed by atoms with Crippen molar-refractivity contribution in [1.29, 1.82) is 0 Å². The minimum absolute atomic E-state index is 0.348. The lowest BCUT2D eigenvalue weighted by atomic mass is 10.2. The number of carbonyl (C=O) groups is 2. The maximum Gasteiger partial charge on any atom is 0.326 e. The van der Waals surface area contributed by atoms with E-state index < -0.39 is 12.0 Å². The predicted octanol–water partition coefficient (Wildman–Crippen LogP) is 0.961. The summed E-state index contributed by atoms with van der Waals surface area (Å²) in [6, 6.07) is 0.832. The molecule has 17 heavy (non-hydrogen) atoms. The van der Waals surface area contributed by atoms with Gasteiger partial charge in [-0.15, -0.1) is 0 Å². The molecule has 1 aromatic heterocycles. The second-order valence-corrected chi connectivity index (χ2v) is 4.70. The number of amides is 1. The zero-order valence-corrected chi connectivity index (χ0v) is 10.7. The smallest absolute Gasteiger partial charge is 0.326 e. The molecule has 0 radical (unpaired) electrons. The third-order valence-corrected chi connectivity index (χ3v) is 2.95. The molecule has 94 valence electrons. The molecule has 6 heteroatoms. The van der Waals surface area contributed by atoms with Gasteiger partial charge in [0.15, 0.2) is 0 Å². The summed E-state index contributed by atoms with van der Waals surface area (Å²) in [4.78, 5) is 22.7. The van der Waals surface area contributed by atoms with Crippen molar-refractivity contribution in [2.24, 2.45) is 7.05 Å². The number of hydrogen-bond acceptors (Lipinski definition) is 3. The van der Waals surface area contributed by atoms with E-state index in [1.54, 1.807) is 41.8 Å². The molecule has 0 aliphatic carbocycles. The molecule has 2 N–H and O–H groups in total. The standard InChI is InChI=1S/C11H16N2O3S/c1-13-5-3-8(7-13)10(14)12-9(11(15)16)4-6-17-2/h3,5,7,9H,4,6H2,1-2H3,(H,12,14)(H,15,16)/t9-/m0/s1. The van der Waals surface area contributed by atoms with Crippen molar-refractivity contribution in [2.45, 2.75) is 12.5 Å². The third kappa shape index (κ3) is 4.14. The zero-order valence-electron chi connectivity index (χ0n) is 9.84. The number of thioether (sulfide) groups is 1. The number of carbonyl (C=O) groups excluding carboxylic acids is 1. The lowest BCUT2D eigenvalue weighted by Crippen LogP contribution is -2.41. The van der Waals surface area contributed by atoms with Crippen molar-refractivity contribution < 1.29 is 14.7 Å². The van der Waals surface area contributed by atoms with Gasteiger partial charge in [-0.1, -0.05) is 0 Å². The van der Waals surface area contributed by atoms with Crippen molar-refractivity contribution in [2.75, 3.05) is 12.0 Å². The summed E-state index contributed by atoms with van der Waals surface area (Å²) in [5.41, 5.74) is 0.475. The highest BCUT2D eigenvalue weighted by Crippen LogP contribution is 2.04. The molecule has 0 aromatic carbocycles. The average Bonchev–Trinajstić information content (AvgIpc) is 2.70. The van der Waals surface area contributed by atoms with E-state index in [0.717, 1.165) is 0 Å². The Morgan fingerprint density at radius 2 is 2.29 bits per heavy atom. The maximum atomic E-state index is 11.7. The number of nitrogens with zero attached hydrogens (tertiary/aromatic N) is 1. The van der Waals surface area contributed by atoms with E-state index in [1.165, 1.54) is 0 Å². The van der Waals surface area contributed by atoms with Crippen molar-refractivity contribution in [1.82, 2.24) is 9.88 Å². The Labute approximate surface area is 104 Å². The highest BCUT2D eigenvalue weighted by molar-refractivity contribution is 7.98. The highest BCUT2D eigenvalue weighted by Gasteiger charge is 2.20. The van der Waals surface area contributed by atoms with E-state index in [1.807, 2.05) is 6.26 Å². The summed E-state index contributed by atoms with van der Waals surface area (Å²) in [5, 5.41) is 11.5. The second kappa shape index (κ2) is 6.34. The van der Waals surface area contributed by atoms with E-state index in [2.05, 4.69) is 5.32 Å². The Morgan fingerprint density at radius 3 is 2.76 bits per heavy atom. The van der Waals surface area contributed by atoms with E-state index >= 15 is 0 Å². The molecule has 1 heterocycles. The molecule has 1 amide bonds. The van der Waals surface area contributed by atoms with Gasteiger partial charge in [0.05, 0.1) is 5.56 Å². The van der Waals surface area contributed by atoms with Gasteiger partial charge in [0, 0.05) is 19.4 Å². The molecule has 0 spiro atoms. The molecule has 0 saturated carbocycles. The lowest BCUT2D eigenvalue weighted by molar-refractivity contribution is -0.139. The first-order valence-electron chi connectivity index (χ1n) is 5.19. The largest absolute Gasteiger partial charge is 0.480 e. The fourth-order valence-corrected chi connectivity index (χ4v) is 1.84. The molecule has 1 atom stereocenters. The van der Waals surface area contributed by atoms with Crippen LogP contribution in [0.5, 0.6) is 0 Å². The highest BCUT2D eigenvalue weighted by atomic mass is 32.2. The molecule has 0 bridgehead atoms. The number of aliphatic carboxylic acids is 1. The first-order chi connectivity index (χ1) is 8.04. The molecule has 0 aliphatic heterocycles. The number of carboxylic acid groups (broad SMARTS) is 1. The molecule has 0 fully saturated rings. The van der Waals surface area contributed by atoms with Gasteiger partial charge in [0.2, 0.25) is 0 Å². The van der Waals surface area contributed by atoms with Crippen LogP contribution in [0.1, 0.15) is 16.8 Å². The molecule has 0 saturated heterocycles. The minimum atomic E-state index is -0.997. The Kier molecular flexibility index (Phi) is 5.09. The average molecular weight is 256 g/mol. The predicted molar refractivity (Wildman–Crippen MR) is 67.3 cm³/mol. The van der Waals surface area contributed by atoms with Crippen LogP contribution < -0.4 is 5.32 Å². The van der Waals surface area contributed by atoms with Gasteiger partial charge >= 0.3 is 5.97 Å². The van der Waals surface area contributed by atoms with Crippen LogP contribution in [0.4, 0.5) is 0 Å². The summed E-state index contributed by atoms with van der Waals surface area (Å²) < 4.78 is 1.74. The second-order valence-electron chi connectivity index (χ2n) is 3.71. The van der Waals surface area contributed by atoms with Crippen molar-refractivity contribution in [3.8, 4) is 0 Å². The van der Waals surface area contributed by atoms with Gasteiger partial charge in [-0.25, -0.2) is 4.79 Å². The third-order valence-electron chi connectivity index (χ3n) is 2.31. The molecular formula is C11H16N2O3S. The SMILES string of the molecule is CSCC[C@H](NC(=O)c1ccn(C)c1)C(=O)O. The number of nitrogens with one attached hydrogen (secondary N) is 1. The van der Waals surface area contributed by atoms with Gasteiger partial charge in [-0.05, 0) is 24.5 Å². The molecule has 0 unspecified atom stereocenters. The van der Waals surface area contributed by atoms with Crippen LogP contribution in [0, 0.1) is 0 Å². The van der Waals surface area contributed by atoms with Gasteiger partial charge < -0.3 is 15.0 Å². The van der Waals surface area contributed by atoms with E-state index in [4.69, 9.17) is 5.11 Å². The van der Waals surface area contributed by atoms with Crippen molar-refractivity contribution in [3.05, 3.63) is 24.0 Å². The number of carboxylic acids is 1. The van der Waals surface area contributed by atoms with Crippen LogP contribution in [0.15, 0.2) is 18.5 Å². The normalized spacial score (nSPS) is 12.1. The Hall–Kier alpha value is -1.43. The van der Waals surface area contributed by atoms with Crippen LogP contribution >= 0.6 is 11.8 Å². The fraction of sp³-hybridized carbons (Fsp3) is 0.455. The number of aromatic nitrogens is 1. The van der Waals surface area contributed by atoms with Crippen LogP contribution in [0.3, 0.4) is 0 Å². The summed E-state index contributed by atoms with van der Waals surface area (Å²) in [7, 11) is 1.80. The topological polar surface area (TPSA) is 71.3 Å². The van der Waals surface area contributed by atoms with E-state index in [0.29, 0.717) is 17.7 Å². The monoisotopic (exact) mass is 256 g/mol. The zero-order chi connectivity index (χ0) is 12.8. The molecular weight excluding hydrogens is 240 g/mol. The molecule has 0 aliphatic rings. The van der Waals surface area contributed by atoms with Crippen LogP contribution in [0.25, 0.3) is 0 Å². The van der Waals surface area contributed by atoms with Crippen LogP contribution in [-0.2, 0) is 11.8 Å². The Bertz CT molecular complexity index is 403. The molecule has 5 nitrogen and oxygen atoms in total. The van der Waals surface area contributed by atoms with Gasteiger partial charge in [-0.3, -0.25) is 4.79 Å². The summed E-state index contributed by atoms with van der Waals surface area (Å²) in [5.74, 6) is -0.645. The Balaban J connectivity index is 2.60.